The summed E-state index contributed by atoms with van der Waals surface area (Å²) in [5.74, 6) is -0.662. The van der Waals surface area contributed by atoms with Crippen molar-refractivity contribution >= 4 is 18.0 Å². The van der Waals surface area contributed by atoms with Crippen LogP contribution in [0.5, 0.6) is 0 Å². The molecule has 0 aliphatic rings. The lowest BCUT2D eigenvalue weighted by molar-refractivity contribution is -0.105. The van der Waals surface area contributed by atoms with Crippen LogP contribution in [0.15, 0.2) is 24.3 Å². The number of benzene rings is 1. The van der Waals surface area contributed by atoms with Crippen molar-refractivity contribution in [1.29, 1.82) is 0 Å². The first-order valence-corrected chi connectivity index (χ1v) is 3.53. The molecule has 13 heavy (non-hydrogen) atoms. The molecule has 5 heteroatoms. The second-order valence-electron chi connectivity index (χ2n) is 2.25. The summed E-state index contributed by atoms with van der Waals surface area (Å²) < 4.78 is 0. The van der Waals surface area contributed by atoms with Crippen molar-refractivity contribution in [2.45, 2.75) is 0 Å². The zero-order chi connectivity index (χ0) is 9.68. The molecular weight excluding hydrogens is 172 g/mol. The average molecular weight is 180 g/mol. The van der Waals surface area contributed by atoms with Crippen molar-refractivity contribution < 1.29 is 14.8 Å². The summed E-state index contributed by atoms with van der Waals surface area (Å²) in [6.45, 7) is 0. The predicted octanol–water partition coefficient (Wildman–Crippen LogP) is 0.374. The third-order valence-electron chi connectivity index (χ3n) is 1.49. The number of rotatable bonds is 3. The number of carbonyl (C=O) groups excluding carboxylic acids is 2. The van der Waals surface area contributed by atoms with Gasteiger partial charge in [-0.05, 0) is 12.1 Å². The van der Waals surface area contributed by atoms with Crippen LogP contribution in [-0.2, 0) is 4.79 Å². The van der Waals surface area contributed by atoms with Crippen molar-refractivity contribution in [1.82, 2.24) is 5.48 Å². The fourth-order valence-corrected chi connectivity index (χ4v) is 0.931. The van der Waals surface area contributed by atoms with E-state index in [1.807, 2.05) is 0 Å². The summed E-state index contributed by atoms with van der Waals surface area (Å²) in [5.41, 5.74) is 2.04. The van der Waals surface area contributed by atoms with Crippen molar-refractivity contribution in [2.24, 2.45) is 0 Å². The van der Waals surface area contributed by atoms with Gasteiger partial charge in [-0.2, -0.15) is 0 Å². The van der Waals surface area contributed by atoms with Gasteiger partial charge in [-0.25, -0.2) is 5.48 Å². The third kappa shape index (κ3) is 2.03. The molecule has 0 radical (unpaired) electrons. The Labute approximate surface area is 74.3 Å². The van der Waals surface area contributed by atoms with Crippen LogP contribution in [0, 0.1) is 0 Å². The molecule has 3 N–H and O–H groups in total. The maximum atomic E-state index is 11.0. The van der Waals surface area contributed by atoms with E-state index in [4.69, 9.17) is 5.21 Å². The van der Waals surface area contributed by atoms with Gasteiger partial charge >= 0.3 is 0 Å². The van der Waals surface area contributed by atoms with Crippen LogP contribution in [0.4, 0.5) is 5.69 Å². The number of hydrogen-bond acceptors (Lipinski definition) is 3. The van der Waals surface area contributed by atoms with E-state index in [1.54, 1.807) is 18.2 Å². The molecule has 0 atom stereocenters. The van der Waals surface area contributed by atoms with Crippen molar-refractivity contribution in [3.8, 4) is 0 Å². The Morgan fingerprint density at radius 3 is 2.69 bits per heavy atom. The molecular formula is C8H8N2O3. The van der Waals surface area contributed by atoms with Gasteiger partial charge in [0.15, 0.2) is 0 Å². The Morgan fingerprint density at radius 2 is 2.08 bits per heavy atom. The van der Waals surface area contributed by atoms with Crippen molar-refractivity contribution in [3.63, 3.8) is 0 Å². The molecule has 0 spiro atoms. The Bertz CT molecular complexity index is 325. The largest absolute Gasteiger partial charge is 0.328 e. The van der Waals surface area contributed by atoms with Crippen LogP contribution in [0.3, 0.4) is 0 Å². The Hall–Kier alpha value is -1.88. The third-order valence-corrected chi connectivity index (χ3v) is 1.49. The van der Waals surface area contributed by atoms with E-state index in [1.165, 1.54) is 11.5 Å². The van der Waals surface area contributed by atoms with Gasteiger partial charge in [-0.3, -0.25) is 14.8 Å². The quantitative estimate of drug-likeness (QED) is 0.357. The zero-order valence-electron chi connectivity index (χ0n) is 6.65. The normalized spacial score (nSPS) is 9.00. The summed E-state index contributed by atoms with van der Waals surface area (Å²) in [6, 6.07) is 6.33. The molecule has 1 aromatic rings. The molecule has 5 nitrogen and oxygen atoms in total. The molecule has 0 bridgehead atoms. The lowest BCUT2D eigenvalue weighted by Crippen LogP contribution is -2.20. The number of amides is 2. The van der Waals surface area contributed by atoms with Gasteiger partial charge in [-0.1, -0.05) is 12.1 Å². The number of nitrogens with one attached hydrogen (secondary N) is 2. The molecule has 0 unspecified atom stereocenters. The molecule has 68 valence electrons. The minimum absolute atomic E-state index is 0.206. The van der Waals surface area contributed by atoms with Crippen LogP contribution in [-0.4, -0.2) is 17.5 Å². The highest BCUT2D eigenvalue weighted by Gasteiger charge is 2.08. The fourth-order valence-electron chi connectivity index (χ4n) is 0.931. The second kappa shape index (κ2) is 4.22. The molecule has 1 rings (SSSR count). The van der Waals surface area contributed by atoms with Crippen molar-refractivity contribution in [3.05, 3.63) is 29.8 Å². The summed E-state index contributed by atoms with van der Waals surface area (Å²) in [7, 11) is 0. The van der Waals surface area contributed by atoms with E-state index in [0.717, 1.165) is 0 Å². The Morgan fingerprint density at radius 1 is 1.38 bits per heavy atom. The smallest absolute Gasteiger partial charge is 0.276 e. The van der Waals surface area contributed by atoms with Gasteiger partial charge in [-0.15, -0.1) is 0 Å². The number of hydroxylamine groups is 1. The highest BCUT2D eigenvalue weighted by atomic mass is 16.5. The monoisotopic (exact) mass is 180 g/mol. The summed E-state index contributed by atoms with van der Waals surface area (Å²) >= 11 is 0. The first-order valence-electron chi connectivity index (χ1n) is 3.53. The zero-order valence-corrected chi connectivity index (χ0v) is 6.65. The molecule has 0 saturated heterocycles. The minimum atomic E-state index is -0.662. The topological polar surface area (TPSA) is 78.4 Å². The first-order chi connectivity index (χ1) is 6.29. The molecule has 2 amide bonds. The summed E-state index contributed by atoms with van der Waals surface area (Å²) in [6.07, 6.45) is 0.462. The van der Waals surface area contributed by atoms with Gasteiger partial charge in [0.05, 0.1) is 11.3 Å². The fraction of sp³-hybridized carbons (Fsp3) is 0. The average Bonchev–Trinajstić information content (AvgIpc) is 2.18. The molecule has 0 heterocycles. The van der Waals surface area contributed by atoms with Crippen LogP contribution in [0.2, 0.25) is 0 Å². The van der Waals surface area contributed by atoms with Gasteiger partial charge < -0.3 is 5.32 Å². The van der Waals surface area contributed by atoms with E-state index < -0.39 is 5.91 Å². The summed E-state index contributed by atoms with van der Waals surface area (Å²) in [4.78, 5) is 21.1. The Kier molecular flexibility index (Phi) is 2.99. The highest BCUT2D eigenvalue weighted by Crippen LogP contribution is 2.13. The van der Waals surface area contributed by atoms with Crippen LogP contribution >= 0.6 is 0 Å². The standard InChI is InChI=1S/C8H8N2O3/c11-5-9-7-4-2-1-3-6(7)8(12)10-13/h1-5,13H,(H,9,11)(H,10,12). The Balaban J connectivity index is 3.03. The number of carbonyl (C=O) groups is 2. The van der Waals surface area contributed by atoms with E-state index in [2.05, 4.69) is 5.32 Å². The molecule has 0 aliphatic carbocycles. The van der Waals surface area contributed by atoms with Gasteiger partial charge in [0.2, 0.25) is 6.41 Å². The lowest BCUT2D eigenvalue weighted by atomic mass is 10.1. The van der Waals surface area contributed by atoms with E-state index >= 15 is 0 Å². The minimum Gasteiger partial charge on any atom is -0.328 e. The predicted molar refractivity (Wildman–Crippen MR) is 45.4 cm³/mol. The van der Waals surface area contributed by atoms with E-state index in [-0.39, 0.29) is 5.56 Å². The number of para-hydroxylation sites is 1. The molecule has 0 saturated carbocycles. The maximum absolute atomic E-state index is 11.0. The maximum Gasteiger partial charge on any atom is 0.276 e. The highest BCUT2D eigenvalue weighted by molar-refractivity contribution is 6.00. The molecule has 1 aromatic carbocycles. The van der Waals surface area contributed by atoms with E-state index in [9.17, 15) is 9.59 Å². The van der Waals surface area contributed by atoms with Crippen LogP contribution in [0.25, 0.3) is 0 Å². The summed E-state index contributed by atoms with van der Waals surface area (Å²) in [5, 5.41) is 10.7. The SMILES string of the molecule is O=CNc1ccccc1C(=O)NO. The van der Waals surface area contributed by atoms with Gasteiger partial charge in [0.25, 0.3) is 5.91 Å². The van der Waals surface area contributed by atoms with E-state index in [0.29, 0.717) is 12.1 Å². The molecule has 0 fully saturated rings. The van der Waals surface area contributed by atoms with Crippen LogP contribution in [0.1, 0.15) is 10.4 Å². The molecule has 0 aromatic heterocycles. The van der Waals surface area contributed by atoms with Gasteiger partial charge in [0.1, 0.15) is 0 Å². The first kappa shape index (κ1) is 9.21. The van der Waals surface area contributed by atoms with Crippen molar-refractivity contribution in [2.75, 3.05) is 5.32 Å². The van der Waals surface area contributed by atoms with Gasteiger partial charge in [0, 0.05) is 0 Å². The number of anilines is 1. The lowest BCUT2D eigenvalue weighted by Gasteiger charge is -2.04. The molecule has 0 aliphatic heterocycles. The number of hydrogen-bond donors (Lipinski definition) is 3. The van der Waals surface area contributed by atoms with Crippen LogP contribution < -0.4 is 10.8 Å². The second-order valence-corrected chi connectivity index (χ2v) is 2.25.